The molecule has 0 aliphatic heterocycles. The molecule has 3 N–H and O–H groups in total. The fourth-order valence-electron chi connectivity index (χ4n) is 4.19. The molecule has 0 fully saturated rings. The molecule has 1 heterocycles. The van der Waals surface area contributed by atoms with Crippen LogP contribution in [0.4, 0.5) is 90.8 Å². The Morgan fingerprint density at radius 3 is 1.16 bits per heavy atom. The molecule has 0 aliphatic rings. The highest BCUT2D eigenvalue weighted by Crippen LogP contribution is 2.24. The van der Waals surface area contributed by atoms with Crippen molar-refractivity contribution in [2.24, 2.45) is 5.84 Å². The van der Waals surface area contributed by atoms with Gasteiger partial charge in [0.05, 0.1) is 8.95 Å². The van der Waals surface area contributed by atoms with E-state index in [1.807, 2.05) is 5.43 Å². The Morgan fingerprint density at radius 2 is 0.891 bits per heavy atom. The summed E-state index contributed by atoms with van der Waals surface area (Å²) in [4.78, 5) is 10.9. The zero-order valence-electron chi connectivity index (χ0n) is 31.4. The summed E-state index contributed by atoms with van der Waals surface area (Å²) >= 11 is 6.03. The summed E-state index contributed by atoms with van der Waals surface area (Å²) in [5.74, 6) is 4.30. The predicted molar refractivity (Wildman–Crippen MR) is 228 cm³/mol. The highest BCUT2D eigenvalue weighted by Gasteiger charge is 2.67. The van der Waals surface area contributed by atoms with Crippen molar-refractivity contribution in [2.45, 2.75) is 6.92 Å². The predicted octanol–water partition coefficient (Wildman–Crippen LogP) is 4.89. The SMILES string of the molecule is Cc1nnc(-c2ccc(Br)c(F)c2)o1.F[B]B(F)B(F)B(F)B(F)B(F)B(F)B(F)B(F)B(F)B(F)B(F)B(F)B(F)B(F)B(F)[B]F.F[B][B]F.NNC(=O)c1ccc(Br)c(F)c1. The van der Waals surface area contributed by atoms with E-state index in [4.69, 9.17) is 10.3 Å². The van der Waals surface area contributed by atoms with Crippen molar-refractivity contribution in [3.05, 3.63) is 68.4 Å². The number of carbonyl (C=O) groups excluding carboxylic acids is 1. The standard InChI is InChI=1S/C9H6BrFN2O.C7H6BrFN2O.B17F17.B2F2/c1-5-12-13-9(14-5)6-2-3-7(10)8(11)4-6;8-5-2-1-4(3-6(5)9)7(12)11-10;18-1-3(20)5(22)7(24)9(26)11(28)13(30)15(32)17(34)16(33)14(31)12(29)10(27)8(25)6(23)4(21)2-19;3-1-2-4/h2-4H,1H3;1-3H,10H2,(H,11,12);;. The maximum Gasteiger partial charge on any atom is 0.350 e. The number of hydrogen-bond donors (Lipinski definition) is 2. The number of aryl methyl sites for hydroxylation is 1. The third kappa shape index (κ3) is 19.1. The number of carbonyl (C=O) groups is 1. The number of hydrazine groups is 1. The fourth-order valence-corrected chi connectivity index (χ4v) is 4.68. The average molecular weight is 1060 g/mol. The molecule has 4 radical (unpaired) electrons. The Labute approximate surface area is 376 Å². The average Bonchev–Trinajstić information content (AvgIpc) is 3.75. The number of halogens is 23. The fraction of sp³-hybridized carbons (Fsp3) is 0.0625. The number of nitrogens with zero attached hydrogens (tertiary/aromatic N) is 2. The normalized spacial score (nSPS) is 9.70. The Kier molecular flexibility index (Phi) is 29.8. The van der Waals surface area contributed by atoms with Gasteiger partial charge in [0.25, 0.3) is 5.91 Å². The Bertz CT molecular complexity index is 1770. The number of nitrogen functional groups attached to an aromatic ring is 1. The molecule has 48 heteroatoms. The monoisotopic (exact) mass is 1060 g/mol. The van der Waals surface area contributed by atoms with Gasteiger partial charge in [-0.25, -0.2) is 14.6 Å². The molecule has 1 aromatic heterocycles. The van der Waals surface area contributed by atoms with Gasteiger partial charge in [-0.05, 0) is 68.3 Å². The van der Waals surface area contributed by atoms with Crippen molar-refractivity contribution in [2.75, 3.05) is 0 Å². The molecule has 64 heavy (non-hydrogen) atoms. The van der Waals surface area contributed by atoms with Crippen molar-refractivity contribution in [1.82, 2.24) is 15.6 Å². The van der Waals surface area contributed by atoms with Gasteiger partial charge in [0.15, 0.2) is 0 Å². The van der Waals surface area contributed by atoms with Gasteiger partial charge in [0.2, 0.25) is 11.8 Å². The molecule has 1 amide bonds. The lowest BCUT2D eigenvalue weighted by Crippen LogP contribution is -2.67. The van der Waals surface area contributed by atoms with Crippen LogP contribution in [0.3, 0.4) is 0 Å². The molecule has 3 rings (SSSR count). The second-order valence-electron chi connectivity index (χ2n) is 12.0. The number of aromatic nitrogens is 2. The summed E-state index contributed by atoms with van der Waals surface area (Å²) in [6.45, 7) is -59.3. The van der Waals surface area contributed by atoms with Gasteiger partial charge in [-0.3, -0.25) is 10.2 Å². The smallest absolute Gasteiger partial charge is 0.350 e. The topological polar surface area (TPSA) is 94.0 Å². The van der Waals surface area contributed by atoms with Gasteiger partial charge in [-0.2, -0.15) is 0 Å². The van der Waals surface area contributed by atoms with Crippen LogP contribution in [0.2, 0.25) is 0 Å². The minimum absolute atomic E-state index is 0.167. The molecule has 0 aliphatic carbocycles. The van der Waals surface area contributed by atoms with Crippen molar-refractivity contribution in [3.63, 3.8) is 0 Å². The van der Waals surface area contributed by atoms with Crippen LogP contribution in [-0.4, -0.2) is 147 Å². The molecule has 0 unspecified atom stereocenters. The lowest BCUT2D eigenvalue weighted by molar-refractivity contribution is 0.0953. The van der Waals surface area contributed by atoms with Crippen molar-refractivity contribution < 1.29 is 100.0 Å². The third-order valence-corrected chi connectivity index (χ3v) is 8.84. The number of nitrogens with two attached hydrogens (primary N) is 1. The highest BCUT2D eigenvalue weighted by molar-refractivity contribution is 9.10. The number of rotatable bonds is 19. The minimum atomic E-state index is -4.35. The molecule has 0 atom stereocenters. The van der Waals surface area contributed by atoms with Gasteiger partial charge in [-0.15, -0.1) is 10.2 Å². The van der Waals surface area contributed by atoms with Gasteiger partial charge in [0.1, 0.15) is 11.6 Å². The van der Waals surface area contributed by atoms with E-state index in [2.05, 4.69) is 42.1 Å². The number of nitrogens with one attached hydrogen (secondary N) is 1. The van der Waals surface area contributed by atoms with Crippen LogP contribution >= 0.6 is 31.9 Å². The third-order valence-electron chi connectivity index (χ3n) is 7.55. The van der Waals surface area contributed by atoms with Crippen LogP contribution in [-0.2, 0) is 0 Å². The van der Waals surface area contributed by atoms with Gasteiger partial charge < -0.3 is 86.4 Å². The summed E-state index contributed by atoms with van der Waals surface area (Å²) in [7, 11) is -2.64. The molecule has 326 valence electrons. The van der Waals surface area contributed by atoms with Crippen LogP contribution in [0.15, 0.2) is 49.8 Å². The molecule has 0 saturated carbocycles. The second kappa shape index (κ2) is 30.9. The first-order valence-corrected chi connectivity index (χ1v) is 18.4. The van der Waals surface area contributed by atoms with Gasteiger partial charge >= 0.3 is 131 Å². The van der Waals surface area contributed by atoms with E-state index in [-0.39, 0.29) is 26.3 Å². The number of benzene rings is 2. The summed E-state index contributed by atoms with van der Waals surface area (Å²) in [5, 5.41) is 7.45. The molecule has 3 aromatic rings. The maximum atomic E-state index is 13.7. The molecular weight excluding hydrogens is 1040 g/mol. The van der Waals surface area contributed by atoms with E-state index in [0.717, 1.165) is 6.07 Å². The van der Waals surface area contributed by atoms with Crippen molar-refractivity contribution in [3.8, 4) is 11.5 Å². The van der Waals surface area contributed by atoms with E-state index in [1.165, 1.54) is 18.2 Å². The van der Waals surface area contributed by atoms with E-state index in [9.17, 15) is 95.6 Å². The van der Waals surface area contributed by atoms with Gasteiger partial charge in [-0.1, -0.05) is 0 Å². The van der Waals surface area contributed by atoms with E-state index < -0.39 is 128 Å². The second-order valence-corrected chi connectivity index (χ2v) is 13.7. The van der Waals surface area contributed by atoms with E-state index in [1.54, 1.807) is 19.1 Å². The Balaban J connectivity index is 0.00000106. The molecule has 0 saturated heterocycles. The molecular formula is C16H12B19Br2F21N4O2. The first kappa shape index (κ1) is 61.7. The number of hydrogen-bond acceptors (Lipinski definition) is 5. The summed E-state index contributed by atoms with van der Waals surface area (Å²) in [6.07, 6.45) is 0. The van der Waals surface area contributed by atoms with E-state index in [0.29, 0.717) is 26.3 Å². The summed E-state index contributed by atoms with van der Waals surface area (Å²) in [6, 6.07) is 8.67. The molecule has 6 nitrogen and oxygen atoms in total. The lowest BCUT2D eigenvalue weighted by Gasteiger charge is -2.17. The zero-order valence-corrected chi connectivity index (χ0v) is 34.6. The Hall–Kier alpha value is -2.27. The molecule has 2 aromatic carbocycles. The first-order valence-electron chi connectivity index (χ1n) is 16.8. The van der Waals surface area contributed by atoms with Crippen LogP contribution < -0.4 is 11.3 Å². The van der Waals surface area contributed by atoms with Crippen molar-refractivity contribution in [1.29, 1.82) is 0 Å². The minimum Gasteiger partial charge on any atom is -0.421 e. The summed E-state index contributed by atoms with van der Waals surface area (Å²) < 4.78 is 275. The van der Waals surface area contributed by atoms with Crippen LogP contribution in [0, 0.1) is 18.6 Å². The molecule has 0 bridgehead atoms. The van der Waals surface area contributed by atoms with Crippen LogP contribution in [0.5, 0.6) is 0 Å². The largest absolute Gasteiger partial charge is 0.421 e. The van der Waals surface area contributed by atoms with Crippen LogP contribution in [0.25, 0.3) is 11.5 Å². The number of amides is 1. The maximum absolute atomic E-state index is 13.7. The van der Waals surface area contributed by atoms with Crippen molar-refractivity contribution >= 4 is 169 Å². The first-order chi connectivity index (χ1) is 29.8. The molecule has 0 spiro atoms. The summed E-state index contributed by atoms with van der Waals surface area (Å²) in [5.41, 5.74) is 2.68. The Morgan fingerprint density at radius 1 is 0.562 bits per heavy atom. The lowest BCUT2D eigenvalue weighted by atomic mass is 8.75. The van der Waals surface area contributed by atoms with Crippen LogP contribution in [0.1, 0.15) is 16.2 Å². The quantitative estimate of drug-likeness (QED) is 0.0588. The van der Waals surface area contributed by atoms with Gasteiger partial charge in [0, 0.05) is 18.1 Å². The van der Waals surface area contributed by atoms with E-state index >= 15 is 0 Å². The zero-order chi connectivity index (χ0) is 49.8. The highest BCUT2D eigenvalue weighted by atomic mass is 79.9.